The Hall–Kier alpha value is -5.74. The normalized spacial score (nSPS) is 17.5. The lowest BCUT2D eigenvalue weighted by molar-refractivity contribution is 0.745. The second kappa shape index (κ2) is 14.4. The van der Waals surface area contributed by atoms with Crippen molar-refractivity contribution in [3.63, 3.8) is 0 Å². The van der Waals surface area contributed by atoms with E-state index in [1.165, 1.54) is 5.56 Å². The molecule has 0 N–H and O–H groups in total. The van der Waals surface area contributed by atoms with E-state index in [4.69, 9.17) is 9.97 Å². The van der Waals surface area contributed by atoms with Crippen LogP contribution in [0.2, 0.25) is 0 Å². The van der Waals surface area contributed by atoms with Gasteiger partial charge in [-0.15, -0.1) is 0 Å². The van der Waals surface area contributed by atoms with Gasteiger partial charge >= 0.3 is 0 Å². The number of rotatable bonds is 6. The van der Waals surface area contributed by atoms with Gasteiger partial charge in [-0.05, 0) is 81.8 Å². The fraction of sp³-hybridized carbons (Fsp3) is 0.136. The molecule has 234 valence electrons. The van der Waals surface area contributed by atoms with Crippen LogP contribution in [0.1, 0.15) is 37.8 Å². The van der Waals surface area contributed by atoms with Crippen LogP contribution >= 0.6 is 0 Å². The van der Waals surface area contributed by atoms with E-state index in [2.05, 4.69) is 145 Å². The maximum atomic E-state index is 5.31. The summed E-state index contributed by atoms with van der Waals surface area (Å²) < 4.78 is 0. The smallest absolute Gasteiger partial charge is 0.159 e. The molecular weight excluding hydrogens is 585 g/mol. The van der Waals surface area contributed by atoms with Crippen LogP contribution in [0, 0.1) is 11.8 Å². The fourth-order valence-corrected chi connectivity index (χ4v) is 6.14. The van der Waals surface area contributed by atoms with Crippen LogP contribution in [0.5, 0.6) is 0 Å². The third kappa shape index (κ3) is 7.13. The first kappa shape index (κ1) is 30.9. The minimum absolute atomic E-state index is 0.415. The number of hydrogen-bond donors (Lipinski definition) is 0. The fourth-order valence-electron chi connectivity index (χ4n) is 6.14. The van der Waals surface area contributed by atoms with E-state index < -0.39 is 0 Å². The molecule has 4 heteroatoms. The van der Waals surface area contributed by atoms with Crippen molar-refractivity contribution in [3.05, 3.63) is 157 Å². The Morgan fingerprint density at radius 3 is 2.10 bits per heavy atom. The van der Waals surface area contributed by atoms with Gasteiger partial charge in [-0.2, -0.15) is 0 Å². The molecule has 0 aliphatic carbocycles. The second-order valence-corrected chi connectivity index (χ2v) is 12.6. The molecule has 5 aromatic rings. The highest BCUT2D eigenvalue weighted by molar-refractivity contribution is 6.10. The zero-order valence-corrected chi connectivity index (χ0v) is 27.4. The van der Waals surface area contributed by atoms with Crippen LogP contribution in [0.4, 0.5) is 0 Å². The first-order chi connectivity index (χ1) is 23.6. The van der Waals surface area contributed by atoms with E-state index in [-0.39, 0.29) is 0 Å². The van der Waals surface area contributed by atoms with Crippen molar-refractivity contribution >= 4 is 23.6 Å². The molecule has 2 unspecified atom stereocenters. The molecule has 48 heavy (non-hydrogen) atoms. The van der Waals surface area contributed by atoms with Gasteiger partial charge in [0.2, 0.25) is 0 Å². The summed E-state index contributed by atoms with van der Waals surface area (Å²) in [5, 5.41) is 0. The van der Waals surface area contributed by atoms with Gasteiger partial charge in [0.15, 0.2) is 5.82 Å². The van der Waals surface area contributed by atoms with E-state index in [9.17, 15) is 0 Å². The summed E-state index contributed by atoms with van der Waals surface area (Å²) in [7, 11) is 0. The maximum Gasteiger partial charge on any atom is 0.159 e. The van der Waals surface area contributed by atoms with Crippen LogP contribution in [0.3, 0.4) is 0 Å². The minimum atomic E-state index is 0.415. The van der Waals surface area contributed by atoms with Crippen molar-refractivity contribution in [2.75, 3.05) is 0 Å². The lowest BCUT2D eigenvalue weighted by Crippen LogP contribution is -1.99. The summed E-state index contributed by atoms with van der Waals surface area (Å²) in [5.41, 5.74) is 11.6. The van der Waals surface area contributed by atoms with Crippen LogP contribution in [0.15, 0.2) is 156 Å². The summed E-state index contributed by atoms with van der Waals surface area (Å²) in [6, 6.07) is 36.2. The average Bonchev–Trinajstić information content (AvgIpc) is 3.11. The van der Waals surface area contributed by atoms with Gasteiger partial charge in [0, 0.05) is 47.7 Å². The molecule has 4 nitrogen and oxygen atoms in total. The number of nitrogens with zero attached hydrogens (tertiary/aromatic N) is 4. The standard InChI is InChI=1S/C44H38N4/c1-31-12-10-22-45-29-41(23-31)36-17-8-19-38(25-36)43-42(37-18-7-15-34(24-37)33-13-4-3-5-14-33)30-47-44(48-43)39-20-9-16-35(26-39)40-21-6-11-32(2)27-46-28-40/h3-10,13-32H,11-12H2,1-2H3. The summed E-state index contributed by atoms with van der Waals surface area (Å²) in [6.07, 6.45) is 20.5. The Morgan fingerprint density at radius 1 is 0.583 bits per heavy atom. The molecule has 4 aromatic carbocycles. The lowest BCUT2D eigenvalue weighted by atomic mass is 9.94. The molecule has 0 fully saturated rings. The quantitative estimate of drug-likeness (QED) is 0.189. The zero-order chi connectivity index (χ0) is 32.7. The number of benzene rings is 4. The lowest BCUT2D eigenvalue weighted by Gasteiger charge is -2.15. The Balaban J connectivity index is 1.35. The molecule has 0 radical (unpaired) electrons. The maximum absolute atomic E-state index is 5.31. The minimum Gasteiger partial charge on any atom is -0.268 e. The zero-order valence-electron chi connectivity index (χ0n) is 27.4. The number of hydrogen-bond acceptors (Lipinski definition) is 4. The topological polar surface area (TPSA) is 50.5 Å². The first-order valence-electron chi connectivity index (χ1n) is 16.7. The summed E-state index contributed by atoms with van der Waals surface area (Å²) in [4.78, 5) is 19.4. The van der Waals surface area contributed by atoms with Crippen molar-refractivity contribution in [1.29, 1.82) is 0 Å². The SMILES string of the molecule is CC1C=NC=C(c2cccc(-c3ncc(-c4cccc(-c5ccccc5)c4)c(-c4cccc(C5=CC(C)CC=CN=C5)c4)n3)c2)C=CC1. The van der Waals surface area contributed by atoms with Gasteiger partial charge in [-0.3, -0.25) is 9.98 Å². The molecule has 2 aliphatic heterocycles. The van der Waals surface area contributed by atoms with Gasteiger partial charge in [-0.25, -0.2) is 9.97 Å². The second-order valence-electron chi connectivity index (χ2n) is 12.6. The summed E-state index contributed by atoms with van der Waals surface area (Å²) >= 11 is 0. The number of aromatic nitrogens is 2. The highest BCUT2D eigenvalue weighted by Crippen LogP contribution is 2.36. The van der Waals surface area contributed by atoms with Crippen molar-refractivity contribution in [2.24, 2.45) is 21.8 Å². The summed E-state index contributed by atoms with van der Waals surface area (Å²) in [6.45, 7) is 4.42. The first-order valence-corrected chi connectivity index (χ1v) is 16.7. The van der Waals surface area contributed by atoms with Crippen LogP contribution in [-0.4, -0.2) is 22.4 Å². The molecule has 0 saturated carbocycles. The molecule has 2 atom stereocenters. The number of aliphatic imine (C=N–C) groups is 2. The van der Waals surface area contributed by atoms with Gasteiger partial charge in [0.25, 0.3) is 0 Å². The van der Waals surface area contributed by atoms with E-state index in [0.29, 0.717) is 17.7 Å². The largest absolute Gasteiger partial charge is 0.268 e. The van der Waals surface area contributed by atoms with Crippen molar-refractivity contribution in [1.82, 2.24) is 9.97 Å². The summed E-state index contributed by atoms with van der Waals surface area (Å²) in [5.74, 6) is 1.52. The van der Waals surface area contributed by atoms with Gasteiger partial charge in [-0.1, -0.05) is 123 Å². The van der Waals surface area contributed by atoms with Gasteiger partial charge in [0.1, 0.15) is 0 Å². The third-order valence-corrected chi connectivity index (χ3v) is 8.73. The highest BCUT2D eigenvalue weighted by atomic mass is 14.9. The van der Waals surface area contributed by atoms with Crippen molar-refractivity contribution < 1.29 is 0 Å². The molecule has 0 saturated heterocycles. The predicted molar refractivity (Wildman–Crippen MR) is 203 cm³/mol. The van der Waals surface area contributed by atoms with Crippen molar-refractivity contribution in [3.8, 4) is 44.9 Å². The van der Waals surface area contributed by atoms with Crippen LogP contribution in [-0.2, 0) is 0 Å². The van der Waals surface area contributed by atoms with Gasteiger partial charge in [0.05, 0.1) is 5.69 Å². The Labute approximate surface area is 283 Å². The molecular formula is C44H38N4. The average molecular weight is 623 g/mol. The van der Waals surface area contributed by atoms with Gasteiger partial charge < -0.3 is 0 Å². The van der Waals surface area contributed by atoms with Crippen LogP contribution < -0.4 is 0 Å². The molecule has 2 aliphatic rings. The third-order valence-electron chi connectivity index (χ3n) is 8.73. The van der Waals surface area contributed by atoms with Crippen molar-refractivity contribution in [2.45, 2.75) is 26.7 Å². The van der Waals surface area contributed by atoms with E-state index in [1.807, 2.05) is 37.1 Å². The molecule has 0 amide bonds. The van der Waals surface area contributed by atoms with E-state index >= 15 is 0 Å². The Morgan fingerprint density at radius 2 is 1.25 bits per heavy atom. The van der Waals surface area contributed by atoms with Crippen LogP contribution in [0.25, 0.3) is 56.0 Å². The Bertz CT molecular complexity index is 2110. The monoisotopic (exact) mass is 622 g/mol. The predicted octanol–water partition coefficient (Wildman–Crippen LogP) is 11.2. The molecule has 1 aromatic heterocycles. The Kier molecular flexibility index (Phi) is 9.24. The van der Waals surface area contributed by atoms with E-state index in [1.54, 1.807) is 0 Å². The molecule has 0 bridgehead atoms. The molecule has 0 spiro atoms. The highest BCUT2D eigenvalue weighted by Gasteiger charge is 2.16. The number of allylic oxidation sites excluding steroid dienone is 6. The molecule has 7 rings (SSSR count). The van der Waals surface area contributed by atoms with E-state index in [0.717, 1.165) is 68.6 Å². The molecule has 3 heterocycles.